The molecular formula is C24H12F2N4. The Hall–Kier alpha value is -4.42. The van der Waals surface area contributed by atoms with Crippen LogP contribution in [-0.4, -0.2) is 9.97 Å². The van der Waals surface area contributed by atoms with Gasteiger partial charge in [0.05, 0.1) is 34.7 Å². The molecule has 30 heavy (non-hydrogen) atoms. The van der Waals surface area contributed by atoms with Crippen LogP contribution in [0.2, 0.25) is 0 Å². The predicted molar refractivity (Wildman–Crippen MR) is 108 cm³/mol. The molecule has 4 aromatic rings. The Balaban J connectivity index is 1.97. The number of hydrogen-bond acceptors (Lipinski definition) is 4. The van der Waals surface area contributed by atoms with E-state index in [-0.39, 0.29) is 11.1 Å². The van der Waals surface area contributed by atoms with Gasteiger partial charge in [-0.25, -0.2) is 18.7 Å². The van der Waals surface area contributed by atoms with Crippen molar-refractivity contribution < 1.29 is 8.78 Å². The summed E-state index contributed by atoms with van der Waals surface area (Å²) in [5.74, 6) is -0.778. The SMILES string of the molecule is N#Cc1cc(F)cc(-c2cc(-c3cc(F)cc(C#N)c3)nc(-c3ccccc3)n2)c1. The minimum atomic E-state index is -0.567. The Labute approximate surface area is 171 Å². The van der Waals surface area contributed by atoms with Gasteiger partial charge in [-0.3, -0.25) is 0 Å². The van der Waals surface area contributed by atoms with E-state index in [1.807, 2.05) is 42.5 Å². The number of aromatic nitrogens is 2. The molecule has 6 heteroatoms. The third-order valence-electron chi connectivity index (χ3n) is 4.40. The standard InChI is InChI=1S/C24H12F2N4/c25-20-8-15(13-27)6-18(10-20)22-12-23(19-7-16(14-28)9-21(26)11-19)30-24(29-22)17-4-2-1-3-5-17/h1-12H. The minimum Gasteiger partial charge on any atom is -0.228 e. The van der Waals surface area contributed by atoms with Crippen molar-refractivity contribution in [2.75, 3.05) is 0 Å². The molecule has 0 spiro atoms. The van der Waals surface area contributed by atoms with Crippen LogP contribution in [0.15, 0.2) is 72.8 Å². The number of halogens is 2. The highest BCUT2D eigenvalue weighted by Gasteiger charge is 2.13. The molecular weight excluding hydrogens is 382 g/mol. The average molecular weight is 394 g/mol. The Morgan fingerprint density at radius 2 is 1.10 bits per heavy atom. The third kappa shape index (κ3) is 3.89. The molecule has 0 fully saturated rings. The highest BCUT2D eigenvalue weighted by atomic mass is 19.1. The van der Waals surface area contributed by atoms with Crippen molar-refractivity contribution in [1.82, 2.24) is 9.97 Å². The highest BCUT2D eigenvalue weighted by molar-refractivity contribution is 5.73. The fraction of sp³-hybridized carbons (Fsp3) is 0. The maximum absolute atomic E-state index is 14.0. The summed E-state index contributed by atoms with van der Waals surface area (Å²) in [6, 6.07) is 22.4. The van der Waals surface area contributed by atoms with Crippen LogP contribution in [0, 0.1) is 34.3 Å². The van der Waals surface area contributed by atoms with Gasteiger partial charge in [-0.15, -0.1) is 0 Å². The highest BCUT2D eigenvalue weighted by Crippen LogP contribution is 2.29. The Morgan fingerprint density at radius 3 is 1.57 bits per heavy atom. The maximum atomic E-state index is 14.0. The lowest BCUT2D eigenvalue weighted by Crippen LogP contribution is -1.97. The van der Waals surface area contributed by atoms with Crippen LogP contribution in [0.1, 0.15) is 11.1 Å². The largest absolute Gasteiger partial charge is 0.228 e. The quantitative estimate of drug-likeness (QED) is 0.460. The van der Waals surface area contributed by atoms with E-state index in [9.17, 15) is 8.78 Å². The van der Waals surface area contributed by atoms with Crippen LogP contribution in [0.25, 0.3) is 33.9 Å². The van der Waals surface area contributed by atoms with Crippen molar-refractivity contribution in [2.45, 2.75) is 0 Å². The van der Waals surface area contributed by atoms with E-state index >= 15 is 0 Å². The molecule has 0 N–H and O–H groups in total. The molecule has 0 amide bonds. The molecule has 4 nitrogen and oxygen atoms in total. The Kier molecular flexibility index (Phi) is 4.99. The van der Waals surface area contributed by atoms with E-state index in [1.165, 1.54) is 24.3 Å². The van der Waals surface area contributed by atoms with Gasteiger partial charge in [-0.2, -0.15) is 10.5 Å². The zero-order valence-corrected chi connectivity index (χ0v) is 15.5. The smallest absolute Gasteiger partial charge is 0.160 e. The van der Waals surface area contributed by atoms with Crippen molar-refractivity contribution in [3.05, 3.63) is 95.6 Å². The normalized spacial score (nSPS) is 10.3. The molecule has 0 saturated heterocycles. The average Bonchev–Trinajstić information content (AvgIpc) is 2.78. The molecule has 4 rings (SSSR count). The fourth-order valence-electron chi connectivity index (χ4n) is 3.06. The van der Waals surface area contributed by atoms with Crippen LogP contribution >= 0.6 is 0 Å². The molecule has 0 unspecified atom stereocenters. The zero-order chi connectivity index (χ0) is 21.1. The van der Waals surface area contributed by atoms with Crippen molar-refractivity contribution >= 4 is 0 Å². The van der Waals surface area contributed by atoms with E-state index in [0.717, 1.165) is 17.7 Å². The van der Waals surface area contributed by atoms with Crippen molar-refractivity contribution in [1.29, 1.82) is 10.5 Å². The van der Waals surface area contributed by atoms with Crippen LogP contribution in [0.3, 0.4) is 0 Å². The van der Waals surface area contributed by atoms with E-state index in [1.54, 1.807) is 6.07 Å². The molecule has 0 aliphatic rings. The monoisotopic (exact) mass is 394 g/mol. The first-order valence-corrected chi connectivity index (χ1v) is 8.92. The summed E-state index contributed by atoms with van der Waals surface area (Å²) in [4.78, 5) is 9.07. The van der Waals surface area contributed by atoms with E-state index in [2.05, 4.69) is 9.97 Å². The fourth-order valence-corrected chi connectivity index (χ4v) is 3.06. The molecule has 1 aromatic heterocycles. The van der Waals surface area contributed by atoms with E-state index in [0.29, 0.717) is 28.3 Å². The molecule has 0 saturated carbocycles. The minimum absolute atomic E-state index is 0.156. The second-order valence-electron chi connectivity index (χ2n) is 6.51. The molecule has 1 heterocycles. The number of nitrogens with zero attached hydrogens (tertiary/aromatic N) is 4. The number of rotatable bonds is 3. The van der Waals surface area contributed by atoms with Gasteiger partial charge in [0.25, 0.3) is 0 Å². The summed E-state index contributed by atoms with van der Waals surface area (Å²) >= 11 is 0. The lowest BCUT2D eigenvalue weighted by Gasteiger charge is -2.10. The lowest BCUT2D eigenvalue weighted by atomic mass is 10.0. The van der Waals surface area contributed by atoms with Gasteiger partial charge in [-0.1, -0.05) is 30.3 Å². The maximum Gasteiger partial charge on any atom is 0.160 e. The summed E-state index contributed by atoms with van der Waals surface area (Å²) in [5, 5.41) is 18.3. The van der Waals surface area contributed by atoms with Crippen LogP contribution in [0.4, 0.5) is 8.78 Å². The third-order valence-corrected chi connectivity index (χ3v) is 4.40. The van der Waals surface area contributed by atoms with Gasteiger partial charge in [0, 0.05) is 16.7 Å². The lowest BCUT2D eigenvalue weighted by molar-refractivity contribution is 0.627. The van der Waals surface area contributed by atoms with Crippen LogP contribution in [0.5, 0.6) is 0 Å². The van der Waals surface area contributed by atoms with Crippen LogP contribution in [-0.2, 0) is 0 Å². The van der Waals surface area contributed by atoms with Crippen molar-refractivity contribution in [2.24, 2.45) is 0 Å². The molecule has 3 aromatic carbocycles. The first-order chi connectivity index (χ1) is 14.6. The topological polar surface area (TPSA) is 73.4 Å². The van der Waals surface area contributed by atoms with Gasteiger partial charge in [0.2, 0.25) is 0 Å². The van der Waals surface area contributed by atoms with Gasteiger partial charge in [0.15, 0.2) is 5.82 Å². The summed E-state index contributed by atoms with van der Waals surface area (Å²) in [6.07, 6.45) is 0. The number of nitriles is 2. The van der Waals surface area contributed by atoms with Gasteiger partial charge in [0.1, 0.15) is 11.6 Å². The summed E-state index contributed by atoms with van der Waals surface area (Å²) in [6.45, 7) is 0. The molecule has 0 radical (unpaired) electrons. The molecule has 142 valence electrons. The first kappa shape index (κ1) is 18.9. The van der Waals surface area contributed by atoms with E-state index in [4.69, 9.17) is 10.5 Å². The predicted octanol–water partition coefficient (Wildman–Crippen LogP) is 5.50. The van der Waals surface area contributed by atoms with Crippen molar-refractivity contribution in [3.63, 3.8) is 0 Å². The summed E-state index contributed by atoms with van der Waals surface area (Å²) in [7, 11) is 0. The van der Waals surface area contributed by atoms with Gasteiger partial charge >= 0.3 is 0 Å². The molecule has 0 atom stereocenters. The second kappa shape index (κ2) is 7.90. The second-order valence-corrected chi connectivity index (χ2v) is 6.51. The van der Waals surface area contributed by atoms with Gasteiger partial charge in [-0.05, 0) is 42.5 Å². The Morgan fingerprint density at radius 1 is 0.600 bits per heavy atom. The summed E-state index contributed by atoms with van der Waals surface area (Å²) in [5.41, 5.74) is 2.56. The first-order valence-electron chi connectivity index (χ1n) is 8.92. The van der Waals surface area contributed by atoms with Crippen molar-refractivity contribution in [3.8, 4) is 46.0 Å². The van der Waals surface area contributed by atoms with Gasteiger partial charge < -0.3 is 0 Å². The van der Waals surface area contributed by atoms with Crippen LogP contribution < -0.4 is 0 Å². The number of hydrogen-bond donors (Lipinski definition) is 0. The Bertz CT molecular complexity index is 1250. The van der Waals surface area contributed by atoms with E-state index < -0.39 is 11.6 Å². The molecule has 0 aliphatic heterocycles. The zero-order valence-electron chi connectivity index (χ0n) is 15.5. The summed E-state index contributed by atoms with van der Waals surface area (Å²) < 4.78 is 28.0. The number of benzene rings is 3. The molecule has 0 aliphatic carbocycles. The molecule has 0 bridgehead atoms.